The molecular formula is C49H77N6O10Si2. The summed E-state index contributed by atoms with van der Waals surface area (Å²) in [6.45, 7) is 16.8. The number of carbonyl (C=O) groups is 2. The first-order chi connectivity index (χ1) is 32.4. The summed E-state index contributed by atoms with van der Waals surface area (Å²) in [6, 6.07) is 20.0. The van der Waals surface area contributed by atoms with Gasteiger partial charge < -0.3 is 66.9 Å². The van der Waals surface area contributed by atoms with Crippen LogP contribution in [0.25, 0.3) is 0 Å². The minimum Gasteiger partial charge on any atom is -0.496 e. The topological polar surface area (TPSA) is 156 Å². The Morgan fingerprint density at radius 2 is 1.13 bits per heavy atom. The highest BCUT2D eigenvalue weighted by molar-refractivity contribution is 6.60. The molecule has 0 aliphatic carbocycles. The number of benzene rings is 3. The quantitative estimate of drug-likeness (QED) is 0.0456. The number of urea groups is 2. The van der Waals surface area contributed by atoms with Crippen LogP contribution >= 0.6 is 0 Å². The van der Waals surface area contributed by atoms with Crippen LogP contribution < -0.4 is 29.9 Å². The molecule has 0 saturated heterocycles. The van der Waals surface area contributed by atoms with E-state index < -0.39 is 24.2 Å². The van der Waals surface area contributed by atoms with Gasteiger partial charge in [0.05, 0.1) is 26.4 Å². The van der Waals surface area contributed by atoms with E-state index in [1.54, 1.807) is 30.9 Å². The number of ether oxygens (including phenoxy) is 2. The predicted octanol–water partition coefficient (Wildman–Crippen LogP) is 7.99. The van der Waals surface area contributed by atoms with Gasteiger partial charge in [0.2, 0.25) is 0 Å². The molecule has 0 bridgehead atoms. The molecule has 371 valence electrons. The van der Waals surface area contributed by atoms with Gasteiger partial charge in [0.15, 0.2) is 0 Å². The van der Waals surface area contributed by atoms with Crippen molar-refractivity contribution in [3.8, 4) is 11.5 Å². The number of nitrogens with zero attached hydrogens (tertiary/aromatic N) is 4. The molecule has 67 heavy (non-hydrogen) atoms. The van der Waals surface area contributed by atoms with Crippen LogP contribution in [0.4, 0.5) is 32.3 Å². The van der Waals surface area contributed by atoms with Gasteiger partial charge >= 0.3 is 30.2 Å². The van der Waals surface area contributed by atoms with Crippen LogP contribution in [-0.2, 0) is 22.1 Å². The second-order valence-electron chi connectivity index (χ2n) is 16.8. The number of rotatable bonds is 29. The highest BCUT2D eigenvalue weighted by atomic mass is 28.4. The zero-order chi connectivity index (χ0) is 48.5. The third-order valence-electron chi connectivity index (χ3n) is 12.2. The molecule has 2 aliphatic rings. The Hall–Kier alpha value is -4.41. The Morgan fingerprint density at radius 3 is 1.57 bits per heavy atom. The van der Waals surface area contributed by atoms with E-state index in [9.17, 15) is 14.7 Å². The summed E-state index contributed by atoms with van der Waals surface area (Å²) in [7, 11) is 2.76. The number of methoxy groups -OCH3 is 2. The van der Waals surface area contributed by atoms with E-state index in [0.717, 1.165) is 45.4 Å². The van der Waals surface area contributed by atoms with Crippen molar-refractivity contribution in [2.24, 2.45) is 0 Å². The van der Waals surface area contributed by atoms with Crippen LogP contribution in [0.1, 0.15) is 89.8 Å². The van der Waals surface area contributed by atoms with Crippen LogP contribution in [0.3, 0.4) is 0 Å². The van der Waals surface area contributed by atoms with E-state index >= 15 is 0 Å². The van der Waals surface area contributed by atoms with Crippen molar-refractivity contribution < 1.29 is 46.3 Å². The lowest BCUT2D eigenvalue weighted by atomic mass is 9.75. The van der Waals surface area contributed by atoms with Gasteiger partial charge in [0, 0.05) is 131 Å². The molecule has 2 aliphatic heterocycles. The number of hydrogen-bond donors (Lipinski definition) is 3. The SMILES string of the molecule is CCO[Si](CCCNC(=O)N(C)CCCN1c2cccc(OC)c2C2c3c(OC)cccc3N(CCCN(C)C(=O)NCCC[Si](OCC)(OCC)OCC)c3cccc1c32)OC(C)C(C)O. The molecule has 0 saturated carbocycles. The number of hydrogen-bond acceptors (Lipinski definition) is 12. The van der Waals surface area contributed by atoms with Crippen LogP contribution in [0.15, 0.2) is 54.6 Å². The molecule has 4 amide bonds. The van der Waals surface area contributed by atoms with Gasteiger partial charge in [-0.2, -0.15) is 0 Å². The van der Waals surface area contributed by atoms with Crippen LogP contribution in [0.2, 0.25) is 12.1 Å². The summed E-state index contributed by atoms with van der Waals surface area (Å²) in [5.74, 6) is 1.42. The van der Waals surface area contributed by atoms with Gasteiger partial charge in [0.25, 0.3) is 0 Å². The molecule has 2 heterocycles. The molecule has 16 nitrogen and oxygen atoms in total. The maximum absolute atomic E-state index is 13.3. The lowest BCUT2D eigenvalue weighted by molar-refractivity contribution is 0.0395. The maximum Gasteiger partial charge on any atom is 0.500 e. The molecule has 3 unspecified atom stereocenters. The summed E-state index contributed by atoms with van der Waals surface area (Å²) in [4.78, 5) is 34.8. The number of nitrogens with one attached hydrogen (secondary N) is 2. The highest BCUT2D eigenvalue weighted by Crippen LogP contribution is 2.60. The normalized spacial score (nSPS) is 14.8. The van der Waals surface area contributed by atoms with Crippen molar-refractivity contribution >= 4 is 52.9 Å². The van der Waals surface area contributed by atoms with Crippen LogP contribution in [-0.4, -0.2) is 151 Å². The zero-order valence-corrected chi connectivity index (χ0v) is 43.7. The molecule has 0 fully saturated rings. The first-order valence-electron chi connectivity index (χ1n) is 24.1. The molecular weight excluding hydrogens is 889 g/mol. The zero-order valence-electron chi connectivity index (χ0n) is 41.7. The fourth-order valence-corrected chi connectivity index (χ4v) is 13.3. The Labute approximate surface area is 402 Å². The number of anilines is 4. The maximum atomic E-state index is 13.3. The first-order valence-corrected chi connectivity index (χ1v) is 27.6. The molecule has 3 atom stereocenters. The average Bonchev–Trinajstić information content (AvgIpc) is 3.32. The number of aliphatic hydroxyl groups is 1. The molecule has 3 aromatic rings. The van der Waals surface area contributed by atoms with Gasteiger partial charge in [0.1, 0.15) is 11.5 Å². The minimum atomic E-state index is -2.78. The standard InChI is InChI=1S/C49H77N6O10Si2/c1-11-61-66(65-37(6)36(5)56)34-18-28-50-48(57)52(7)30-20-32-54-38-22-15-23-39-44(38)47(45-40(54)24-16-26-42(45)59-9)46-41(25-17-27-43(46)60-10)55(39)33-21-31-53(8)49(58)51-29-19-35-67(62-12-2,63-13-3)64-14-4/h15-17,22-27,36-37,47,56H,11-14,18-21,28-35H2,1-10H3,(H,50,57)(H,51,58). The monoisotopic (exact) mass is 966 g/mol. The summed E-state index contributed by atoms with van der Waals surface area (Å²) in [5.41, 5.74) is 7.61. The van der Waals surface area contributed by atoms with Gasteiger partial charge in [-0.25, -0.2) is 9.59 Å². The number of aliphatic hydroxyl groups excluding tert-OH is 1. The third-order valence-corrected chi connectivity index (χ3v) is 17.4. The van der Waals surface area contributed by atoms with Crippen molar-refractivity contribution in [1.82, 2.24) is 20.4 Å². The molecule has 3 N–H and O–H groups in total. The highest BCUT2D eigenvalue weighted by Gasteiger charge is 2.43. The van der Waals surface area contributed by atoms with Gasteiger partial charge in [-0.15, -0.1) is 0 Å². The molecule has 1 radical (unpaired) electrons. The predicted molar refractivity (Wildman–Crippen MR) is 268 cm³/mol. The van der Waals surface area contributed by atoms with Crippen molar-refractivity contribution in [3.05, 3.63) is 71.3 Å². The van der Waals surface area contributed by atoms with E-state index in [2.05, 4.69) is 50.8 Å². The summed E-state index contributed by atoms with van der Waals surface area (Å²) < 4.78 is 42.1. The van der Waals surface area contributed by atoms with E-state index in [1.807, 2.05) is 73.0 Å². The molecule has 3 aromatic carbocycles. The Bertz CT molecular complexity index is 2020. The fourth-order valence-electron chi connectivity index (χ4n) is 8.92. The van der Waals surface area contributed by atoms with Crippen LogP contribution in [0, 0.1) is 0 Å². The van der Waals surface area contributed by atoms with Crippen LogP contribution in [0.5, 0.6) is 11.5 Å². The Morgan fingerprint density at radius 1 is 0.687 bits per heavy atom. The summed E-state index contributed by atoms with van der Waals surface area (Å²) in [6.07, 6.45) is 1.94. The molecule has 5 rings (SSSR count). The smallest absolute Gasteiger partial charge is 0.496 e. The van der Waals surface area contributed by atoms with Gasteiger partial charge in [-0.1, -0.05) is 18.2 Å². The Balaban J connectivity index is 1.29. The van der Waals surface area contributed by atoms with Crippen molar-refractivity contribution in [2.45, 2.75) is 97.4 Å². The summed E-state index contributed by atoms with van der Waals surface area (Å²) in [5, 5.41) is 16.0. The first kappa shape index (κ1) is 53.5. The van der Waals surface area contributed by atoms with Gasteiger partial charge in [-0.05, 0) is 110 Å². The third kappa shape index (κ3) is 13.4. The van der Waals surface area contributed by atoms with E-state index in [1.165, 1.54) is 5.56 Å². The molecule has 18 heteroatoms. The second kappa shape index (κ2) is 26.4. The summed E-state index contributed by atoms with van der Waals surface area (Å²) >= 11 is 0. The number of fused-ring (bicyclic) bond motifs is 4. The van der Waals surface area contributed by atoms with E-state index in [-0.39, 0.29) is 24.1 Å². The largest absolute Gasteiger partial charge is 0.500 e. The molecule has 0 aromatic heterocycles. The second-order valence-corrected chi connectivity index (χ2v) is 21.3. The number of carbonyl (C=O) groups excluding carboxylic acids is 2. The molecule has 0 spiro atoms. The lowest BCUT2D eigenvalue weighted by Crippen LogP contribution is -2.46. The van der Waals surface area contributed by atoms with Crippen molar-refractivity contribution in [3.63, 3.8) is 0 Å². The van der Waals surface area contributed by atoms with Crippen molar-refractivity contribution in [2.75, 3.05) is 104 Å². The van der Waals surface area contributed by atoms with E-state index in [4.69, 9.17) is 31.6 Å². The fraction of sp³-hybridized carbons (Fsp3) is 0.592. The number of amides is 4. The average molecular weight is 966 g/mol. The Kier molecular flexibility index (Phi) is 21.1. The minimum absolute atomic E-state index is 0.126. The van der Waals surface area contributed by atoms with E-state index in [0.29, 0.717) is 103 Å². The van der Waals surface area contributed by atoms with Gasteiger partial charge in [-0.3, -0.25) is 0 Å². The lowest BCUT2D eigenvalue weighted by Gasteiger charge is -2.45. The van der Waals surface area contributed by atoms with Crippen molar-refractivity contribution in [1.29, 1.82) is 0 Å².